The first-order valence-corrected chi connectivity index (χ1v) is 16.5. The number of aliphatic hydroxyl groups is 1. The molecule has 0 saturated heterocycles. The van der Waals surface area contributed by atoms with E-state index in [1.807, 2.05) is 38.1 Å². The van der Waals surface area contributed by atoms with Gasteiger partial charge in [0, 0.05) is 43.4 Å². The molecule has 0 spiro atoms. The molecular formula is C37H47N3O7. The lowest BCUT2D eigenvalue weighted by Gasteiger charge is -2.36. The summed E-state index contributed by atoms with van der Waals surface area (Å²) in [6.45, 7) is 8.26. The largest absolute Gasteiger partial charge is 0.490 e. The number of nitrogens with one attached hydrogen (secondary N) is 1. The zero-order chi connectivity index (χ0) is 33.3. The molecule has 2 aliphatic rings. The van der Waals surface area contributed by atoms with Crippen molar-refractivity contribution in [2.75, 3.05) is 45.5 Å². The summed E-state index contributed by atoms with van der Waals surface area (Å²) in [5.41, 5.74) is 2.45. The smallest absolute Gasteiger partial charge is 0.258 e. The molecule has 0 bridgehead atoms. The van der Waals surface area contributed by atoms with E-state index in [1.165, 1.54) is 0 Å². The second-order valence-electron chi connectivity index (χ2n) is 12.7. The molecule has 3 aromatic carbocycles. The Hall–Kier alpha value is -4.12. The highest BCUT2D eigenvalue weighted by Gasteiger charge is 2.30. The lowest BCUT2D eigenvalue weighted by Crippen LogP contribution is -2.47. The fraction of sp³-hybridized carbons (Fsp3) is 0.459. The van der Waals surface area contributed by atoms with Crippen molar-refractivity contribution >= 4 is 17.5 Å². The van der Waals surface area contributed by atoms with Gasteiger partial charge in [0.25, 0.3) is 11.8 Å². The van der Waals surface area contributed by atoms with Crippen LogP contribution >= 0.6 is 0 Å². The molecule has 2 amide bonds. The van der Waals surface area contributed by atoms with Gasteiger partial charge in [0.2, 0.25) is 6.79 Å². The van der Waals surface area contributed by atoms with Gasteiger partial charge in [0.15, 0.2) is 11.5 Å². The topological polar surface area (TPSA) is 110 Å². The summed E-state index contributed by atoms with van der Waals surface area (Å²) in [5.74, 6) is 1.37. The van der Waals surface area contributed by atoms with E-state index in [1.54, 1.807) is 47.4 Å². The lowest BCUT2D eigenvalue weighted by molar-refractivity contribution is -0.0177. The van der Waals surface area contributed by atoms with Crippen LogP contribution in [0.5, 0.6) is 17.2 Å². The van der Waals surface area contributed by atoms with Gasteiger partial charge in [0.05, 0.1) is 30.4 Å². The number of amides is 2. The highest BCUT2D eigenvalue weighted by molar-refractivity contribution is 6.05. The second-order valence-corrected chi connectivity index (χ2v) is 12.7. The van der Waals surface area contributed by atoms with Crippen LogP contribution in [0.15, 0.2) is 66.7 Å². The Bertz CT molecular complexity index is 1500. The molecule has 2 heterocycles. The van der Waals surface area contributed by atoms with Crippen LogP contribution in [0.1, 0.15) is 66.3 Å². The number of rotatable bonds is 8. The Labute approximate surface area is 277 Å². The standard InChI is InChI=1S/C37H47N3O7/c1-25-20-40(26(2)23-41)37(43)31-19-30(38-36(42)29-11-6-5-7-12-29)14-16-32(31)47-27(3)10-8-9-17-44-35(25)22-39(4)21-28-13-15-33-34(18-28)46-24-45-33/h5-7,11-16,18-19,25-27,35,41H,8-10,17,20-24H2,1-4H3,(H,38,42)/t25-,26+,27+,35+/m0/s1. The minimum absolute atomic E-state index is 0.0562. The van der Waals surface area contributed by atoms with Gasteiger partial charge in [-0.15, -0.1) is 0 Å². The van der Waals surface area contributed by atoms with Crippen molar-refractivity contribution in [1.29, 1.82) is 0 Å². The maximum atomic E-state index is 14.4. The van der Waals surface area contributed by atoms with E-state index in [2.05, 4.69) is 24.2 Å². The summed E-state index contributed by atoms with van der Waals surface area (Å²) in [7, 11) is 2.06. The third-order valence-electron chi connectivity index (χ3n) is 8.73. The Kier molecular flexibility index (Phi) is 11.7. The van der Waals surface area contributed by atoms with Crippen molar-refractivity contribution in [3.63, 3.8) is 0 Å². The molecule has 2 N–H and O–H groups in total. The summed E-state index contributed by atoms with van der Waals surface area (Å²) in [5, 5.41) is 13.2. The lowest BCUT2D eigenvalue weighted by atomic mass is 10.0. The molecule has 252 valence electrons. The average Bonchev–Trinajstić information content (AvgIpc) is 3.54. The summed E-state index contributed by atoms with van der Waals surface area (Å²) >= 11 is 0. The third-order valence-corrected chi connectivity index (χ3v) is 8.73. The normalized spacial score (nSPS) is 21.0. The Morgan fingerprint density at radius 2 is 1.79 bits per heavy atom. The van der Waals surface area contributed by atoms with Crippen LogP contribution in [-0.4, -0.2) is 85.1 Å². The molecule has 10 heteroatoms. The highest BCUT2D eigenvalue weighted by atomic mass is 16.7. The van der Waals surface area contributed by atoms with E-state index in [-0.39, 0.29) is 43.3 Å². The molecule has 10 nitrogen and oxygen atoms in total. The zero-order valence-corrected chi connectivity index (χ0v) is 27.8. The minimum Gasteiger partial charge on any atom is -0.490 e. The number of carbonyl (C=O) groups excluding carboxylic acids is 2. The molecule has 0 aromatic heterocycles. The Balaban J connectivity index is 1.38. The summed E-state index contributed by atoms with van der Waals surface area (Å²) in [4.78, 5) is 31.2. The fourth-order valence-electron chi connectivity index (χ4n) is 5.98. The zero-order valence-electron chi connectivity index (χ0n) is 27.8. The molecule has 47 heavy (non-hydrogen) atoms. The number of anilines is 1. The number of likely N-dealkylation sites (N-methyl/N-ethyl adjacent to an activating group) is 1. The molecule has 0 radical (unpaired) electrons. The number of hydrogen-bond acceptors (Lipinski definition) is 8. The molecule has 4 atom stereocenters. The third kappa shape index (κ3) is 9.03. The molecule has 3 aromatic rings. The average molecular weight is 646 g/mol. The van der Waals surface area contributed by atoms with Crippen LogP contribution in [0, 0.1) is 5.92 Å². The predicted octanol–water partition coefficient (Wildman–Crippen LogP) is 5.60. The summed E-state index contributed by atoms with van der Waals surface area (Å²) in [6, 6.07) is 19.6. The summed E-state index contributed by atoms with van der Waals surface area (Å²) in [6.07, 6.45) is 2.29. The van der Waals surface area contributed by atoms with Crippen molar-refractivity contribution in [2.24, 2.45) is 5.92 Å². The van der Waals surface area contributed by atoms with E-state index >= 15 is 0 Å². The summed E-state index contributed by atoms with van der Waals surface area (Å²) < 4.78 is 23.9. The van der Waals surface area contributed by atoms with Gasteiger partial charge in [0.1, 0.15) is 5.75 Å². The predicted molar refractivity (Wildman–Crippen MR) is 180 cm³/mol. The van der Waals surface area contributed by atoms with Gasteiger partial charge in [-0.05, 0) is 88.2 Å². The van der Waals surface area contributed by atoms with Gasteiger partial charge in [-0.25, -0.2) is 0 Å². The molecule has 0 fully saturated rings. The fourth-order valence-corrected chi connectivity index (χ4v) is 5.98. The number of hydrogen-bond donors (Lipinski definition) is 2. The van der Waals surface area contributed by atoms with Gasteiger partial charge >= 0.3 is 0 Å². The number of nitrogens with zero attached hydrogens (tertiary/aromatic N) is 2. The van der Waals surface area contributed by atoms with Crippen LogP contribution < -0.4 is 19.5 Å². The van der Waals surface area contributed by atoms with Crippen molar-refractivity contribution in [3.8, 4) is 17.2 Å². The number of fused-ring (bicyclic) bond motifs is 2. The first-order chi connectivity index (χ1) is 22.7. The van der Waals surface area contributed by atoms with Gasteiger partial charge in [-0.3, -0.25) is 14.5 Å². The number of ether oxygens (including phenoxy) is 4. The van der Waals surface area contributed by atoms with Crippen LogP contribution in [0.4, 0.5) is 5.69 Å². The molecule has 0 saturated carbocycles. The minimum atomic E-state index is -0.460. The maximum absolute atomic E-state index is 14.4. The van der Waals surface area contributed by atoms with Crippen LogP contribution in [0.3, 0.4) is 0 Å². The Morgan fingerprint density at radius 3 is 2.57 bits per heavy atom. The van der Waals surface area contributed by atoms with Crippen LogP contribution in [0.2, 0.25) is 0 Å². The number of benzene rings is 3. The maximum Gasteiger partial charge on any atom is 0.258 e. The number of aliphatic hydroxyl groups excluding tert-OH is 1. The highest BCUT2D eigenvalue weighted by Crippen LogP contribution is 2.33. The van der Waals surface area contributed by atoms with Crippen molar-refractivity contribution < 1.29 is 33.6 Å². The first-order valence-electron chi connectivity index (χ1n) is 16.5. The molecular weight excluding hydrogens is 598 g/mol. The first kappa shape index (κ1) is 34.2. The van der Waals surface area contributed by atoms with E-state index in [0.717, 1.165) is 36.3 Å². The van der Waals surface area contributed by atoms with Gasteiger partial charge in [-0.1, -0.05) is 31.2 Å². The molecule has 5 rings (SSSR count). The second kappa shape index (κ2) is 16.1. The van der Waals surface area contributed by atoms with E-state index in [9.17, 15) is 14.7 Å². The quantitative estimate of drug-likeness (QED) is 0.326. The van der Waals surface area contributed by atoms with Gasteiger partial charge < -0.3 is 34.3 Å². The van der Waals surface area contributed by atoms with E-state index in [4.69, 9.17) is 18.9 Å². The van der Waals surface area contributed by atoms with Crippen LogP contribution in [0.25, 0.3) is 0 Å². The molecule has 0 unspecified atom stereocenters. The molecule has 0 aliphatic carbocycles. The van der Waals surface area contributed by atoms with E-state index < -0.39 is 6.04 Å². The van der Waals surface area contributed by atoms with Crippen molar-refractivity contribution in [2.45, 2.75) is 64.8 Å². The Morgan fingerprint density at radius 1 is 1.02 bits per heavy atom. The van der Waals surface area contributed by atoms with Gasteiger partial charge in [-0.2, -0.15) is 0 Å². The van der Waals surface area contributed by atoms with Crippen LogP contribution in [-0.2, 0) is 11.3 Å². The van der Waals surface area contributed by atoms with Crippen molar-refractivity contribution in [3.05, 3.63) is 83.4 Å². The van der Waals surface area contributed by atoms with E-state index in [0.29, 0.717) is 48.8 Å². The molecule has 2 aliphatic heterocycles. The monoisotopic (exact) mass is 645 g/mol. The SMILES string of the molecule is C[C@@H]1CCCCO[C@H](CN(C)Cc2ccc3c(c2)OCO3)[C@@H](C)CN([C@H](C)CO)C(=O)c2cc(NC(=O)c3ccccc3)ccc2O1. The number of carbonyl (C=O) groups is 2. The van der Waals surface area contributed by atoms with Crippen molar-refractivity contribution in [1.82, 2.24) is 9.80 Å².